The molecule has 0 spiro atoms. The number of para-hydroxylation sites is 1. The van der Waals surface area contributed by atoms with Gasteiger partial charge in [-0.15, -0.1) is 11.3 Å². The van der Waals surface area contributed by atoms with Gasteiger partial charge in [-0.05, 0) is 24.3 Å². The molecule has 1 heterocycles. The van der Waals surface area contributed by atoms with Crippen LogP contribution in [0.15, 0.2) is 61.2 Å². The van der Waals surface area contributed by atoms with Crippen molar-refractivity contribution in [2.75, 3.05) is 13.2 Å². The molecule has 0 aliphatic rings. The van der Waals surface area contributed by atoms with Crippen LogP contribution in [0.2, 0.25) is 0 Å². The molecule has 3 aromatic rings. The Morgan fingerprint density at radius 1 is 0.963 bits per heavy atom. The summed E-state index contributed by atoms with van der Waals surface area (Å²) in [6.45, 7) is 3.15. The van der Waals surface area contributed by atoms with Gasteiger partial charge in [0.2, 0.25) is 5.78 Å². The summed E-state index contributed by atoms with van der Waals surface area (Å²) >= 11 is 1.33. The van der Waals surface area contributed by atoms with Crippen molar-refractivity contribution >= 4 is 39.3 Å². The van der Waals surface area contributed by atoms with E-state index in [2.05, 4.69) is 11.6 Å². The predicted molar refractivity (Wildman–Crippen MR) is 101 cm³/mol. The van der Waals surface area contributed by atoms with Crippen LogP contribution in [0, 0.1) is 0 Å². The van der Waals surface area contributed by atoms with Gasteiger partial charge >= 0.3 is 11.9 Å². The van der Waals surface area contributed by atoms with E-state index in [9.17, 15) is 14.4 Å². The van der Waals surface area contributed by atoms with Crippen LogP contribution < -0.4 is 0 Å². The van der Waals surface area contributed by atoms with Crippen molar-refractivity contribution in [3.05, 3.63) is 77.3 Å². The molecule has 1 aromatic heterocycles. The average molecular weight is 381 g/mol. The molecule has 0 saturated carbocycles. The number of aromatic nitrogens is 1. The fourth-order valence-electron chi connectivity index (χ4n) is 2.27. The first-order chi connectivity index (χ1) is 13.1. The SMILES string of the molecule is C=CC(=O)OCCOC(=O)c1ccc(C(=O)c2nc3ccccc3s2)cc1. The minimum absolute atomic E-state index is 0.0508. The summed E-state index contributed by atoms with van der Waals surface area (Å²) in [5.74, 6) is -1.35. The minimum atomic E-state index is -0.580. The van der Waals surface area contributed by atoms with Crippen molar-refractivity contribution < 1.29 is 23.9 Å². The molecule has 0 atom stereocenters. The van der Waals surface area contributed by atoms with Gasteiger partial charge in [-0.2, -0.15) is 0 Å². The molecule has 0 aliphatic heterocycles. The Morgan fingerprint density at radius 3 is 2.33 bits per heavy atom. The molecule has 0 N–H and O–H groups in total. The molecule has 0 saturated heterocycles. The van der Waals surface area contributed by atoms with Crippen LogP contribution in [0.3, 0.4) is 0 Å². The minimum Gasteiger partial charge on any atom is -0.459 e. The zero-order valence-electron chi connectivity index (χ0n) is 14.2. The van der Waals surface area contributed by atoms with Crippen molar-refractivity contribution in [1.82, 2.24) is 4.98 Å². The lowest BCUT2D eigenvalue weighted by Gasteiger charge is -2.05. The maximum atomic E-state index is 12.6. The first-order valence-corrected chi connectivity index (χ1v) is 8.87. The third-order valence-electron chi connectivity index (χ3n) is 3.60. The summed E-state index contributed by atoms with van der Waals surface area (Å²) in [5.41, 5.74) is 1.51. The highest BCUT2D eigenvalue weighted by atomic mass is 32.1. The van der Waals surface area contributed by atoms with Gasteiger partial charge in [0.05, 0.1) is 15.8 Å². The first kappa shape index (κ1) is 18.5. The number of rotatable bonds is 7. The molecule has 6 nitrogen and oxygen atoms in total. The van der Waals surface area contributed by atoms with Gasteiger partial charge in [0.1, 0.15) is 13.2 Å². The van der Waals surface area contributed by atoms with E-state index in [1.807, 2.05) is 24.3 Å². The lowest BCUT2D eigenvalue weighted by Crippen LogP contribution is -2.13. The fraction of sp³-hybridized carbons (Fsp3) is 0.100. The summed E-state index contributed by atoms with van der Waals surface area (Å²) in [5, 5.41) is 0.399. The van der Waals surface area contributed by atoms with Crippen LogP contribution in [0.25, 0.3) is 10.2 Å². The summed E-state index contributed by atoms with van der Waals surface area (Å²) < 4.78 is 10.7. The fourth-order valence-corrected chi connectivity index (χ4v) is 3.20. The molecular weight excluding hydrogens is 366 g/mol. The highest BCUT2D eigenvalue weighted by molar-refractivity contribution is 7.20. The Bertz CT molecular complexity index is 974. The number of benzene rings is 2. The van der Waals surface area contributed by atoms with E-state index in [0.717, 1.165) is 16.3 Å². The lowest BCUT2D eigenvalue weighted by atomic mass is 10.1. The standard InChI is InChI=1S/C20H15NO5S/c1-2-17(22)25-11-12-26-20(24)14-9-7-13(8-10-14)18(23)19-21-15-5-3-4-6-16(15)27-19/h2-10H,1,11-12H2. The Labute approximate surface area is 159 Å². The first-order valence-electron chi connectivity index (χ1n) is 8.05. The van der Waals surface area contributed by atoms with Gasteiger partial charge in [-0.1, -0.05) is 30.8 Å². The van der Waals surface area contributed by atoms with Crippen LogP contribution in [0.4, 0.5) is 0 Å². The quantitative estimate of drug-likeness (QED) is 0.270. The number of carbonyl (C=O) groups is 3. The van der Waals surface area contributed by atoms with Gasteiger partial charge in [0.15, 0.2) is 5.01 Å². The highest BCUT2D eigenvalue weighted by Gasteiger charge is 2.15. The summed E-state index contributed by atoms with van der Waals surface area (Å²) in [6, 6.07) is 13.7. The highest BCUT2D eigenvalue weighted by Crippen LogP contribution is 2.23. The van der Waals surface area contributed by atoms with E-state index in [0.29, 0.717) is 16.1 Å². The molecule has 27 heavy (non-hydrogen) atoms. The van der Waals surface area contributed by atoms with Crippen LogP contribution in [-0.2, 0) is 14.3 Å². The monoisotopic (exact) mass is 381 g/mol. The van der Waals surface area contributed by atoms with Crippen molar-refractivity contribution in [2.24, 2.45) is 0 Å². The number of fused-ring (bicyclic) bond motifs is 1. The molecule has 0 radical (unpaired) electrons. The second-order valence-corrected chi connectivity index (χ2v) is 6.43. The largest absolute Gasteiger partial charge is 0.459 e. The number of hydrogen-bond acceptors (Lipinski definition) is 7. The molecule has 136 valence electrons. The van der Waals surface area contributed by atoms with Crippen LogP contribution in [0.5, 0.6) is 0 Å². The molecule has 0 aliphatic carbocycles. The van der Waals surface area contributed by atoms with Gasteiger partial charge in [0, 0.05) is 11.6 Å². The van der Waals surface area contributed by atoms with E-state index in [1.165, 1.54) is 23.5 Å². The van der Waals surface area contributed by atoms with Crippen molar-refractivity contribution in [2.45, 2.75) is 0 Å². The zero-order chi connectivity index (χ0) is 19.2. The topological polar surface area (TPSA) is 82.6 Å². The van der Waals surface area contributed by atoms with Gasteiger partial charge in [-0.25, -0.2) is 14.6 Å². The van der Waals surface area contributed by atoms with Crippen LogP contribution in [0.1, 0.15) is 25.7 Å². The van der Waals surface area contributed by atoms with Crippen LogP contribution in [-0.4, -0.2) is 35.9 Å². The number of ketones is 1. The van der Waals surface area contributed by atoms with Crippen LogP contribution >= 0.6 is 11.3 Å². The number of carbonyl (C=O) groups excluding carboxylic acids is 3. The molecule has 0 amide bonds. The molecule has 0 bridgehead atoms. The maximum Gasteiger partial charge on any atom is 0.338 e. The predicted octanol–water partition coefficient (Wildman–Crippen LogP) is 3.41. The van der Waals surface area contributed by atoms with Gasteiger partial charge < -0.3 is 9.47 Å². The zero-order valence-corrected chi connectivity index (χ0v) is 15.0. The average Bonchev–Trinajstić information content (AvgIpc) is 3.14. The maximum absolute atomic E-state index is 12.6. The van der Waals surface area contributed by atoms with Crippen molar-refractivity contribution in [3.8, 4) is 0 Å². The molecule has 3 rings (SSSR count). The Balaban J connectivity index is 1.62. The smallest absolute Gasteiger partial charge is 0.338 e. The van der Waals surface area contributed by atoms with E-state index in [1.54, 1.807) is 12.1 Å². The number of thiazole rings is 1. The third kappa shape index (κ3) is 4.45. The number of nitrogens with zero attached hydrogens (tertiary/aromatic N) is 1. The van der Waals surface area contributed by atoms with Gasteiger partial charge in [0.25, 0.3) is 0 Å². The lowest BCUT2D eigenvalue weighted by molar-refractivity contribution is -0.138. The molecule has 2 aromatic carbocycles. The number of esters is 2. The van der Waals surface area contributed by atoms with Gasteiger partial charge in [-0.3, -0.25) is 4.79 Å². The second kappa shape index (κ2) is 8.37. The number of ether oxygens (including phenoxy) is 2. The molecular formula is C20H15NO5S. The van der Waals surface area contributed by atoms with Crippen molar-refractivity contribution in [1.29, 1.82) is 0 Å². The van der Waals surface area contributed by atoms with E-state index < -0.39 is 11.9 Å². The second-order valence-electron chi connectivity index (χ2n) is 5.40. The third-order valence-corrected chi connectivity index (χ3v) is 4.63. The summed E-state index contributed by atoms with van der Waals surface area (Å²) in [6.07, 6.45) is 1.03. The van der Waals surface area contributed by atoms with E-state index in [-0.39, 0.29) is 19.0 Å². The Kier molecular flexibility index (Phi) is 5.73. The summed E-state index contributed by atoms with van der Waals surface area (Å²) in [7, 11) is 0. The summed E-state index contributed by atoms with van der Waals surface area (Å²) in [4.78, 5) is 39.8. The number of hydrogen-bond donors (Lipinski definition) is 0. The molecule has 0 fully saturated rings. The Hall–Kier alpha value is -3.32. The molecule has 7 heteroatoms. The van der Waals surface area contributed by atoms with E-state index in [4.69, 9.17) is 9.47 Å². The molecule has 0 unspecified atom stereocenters. The Morgan fingerprint density at radius 2 is 1.63 bits per heavy atom. The normalized spacial score (nSPS) is 10.4. The van der Waals surface area contributed by atoms with E-state index >= 15 is 0 Å². The van der Waals surface area contributed by atoms with Crippen molar-refractivity contribution in [3.63, 3.8) is 0 Å².